The SMILES string of the molecule is CCOC(=O)c1c(NC(=O)Cn2c(=O)oc3cccnc32)sc2c1CCC(C)C2. The molecule has 3 aromatic heterocycles. The summed E-state index contributed by atoms with van der Waals surface area (Å²) in [5.41, 5.74) is 2.03. The van der Waals surface area contributed by atoms with Gasteiger partial charge in [0.25, 0.3) is 0 Å². The summed E-state index contributed by atoms with van der Waals surface area (Å²) in [7, 11) is 0. The lowest BCUT2D eigenvalue weighted by molar-refractivity contribution is -0.116. The van der Waals surface area contributed by atoms with Crippen molar-refractivity contribution >= 4 is 39.4 Å². The molecule has 1 aliphatic carbocycles. The van der Waals surface area contributed by atoms with Crippen LogP contribution in [0.2, 0.25) is 0 Å². The fraction of sp³-hybridized carbons (Fsp3) is 0.400. The number of hydrogen-bond donors (Lipinski definition) is 1. The zero-order chi connectivity index (χ0) is 20.5. The molecular weight excluding hydrogens is 394 g/mol. The summed E-state index contributed by atoms with van der Waals surface area (Å²) in [5, 5.41) is 3.28. The lowest BCUT2D eigenvalue weighted by Crippen LogP contribution is -2.25. The third-order valence-electron chi connectivity index (χ3n) is 4.97. The van der Waals surface area contributed by atoms with Crippen LogP contribution in [-0.2, 0) is 28.9 Å². The zero-order valence-corrected chi connectivity index (χ0v) is 17.0. The average molecular weight is 415 g/mol. The van der Waals surface area contributed by atoms with E-state index in [1.807, 2.05) is 0 Å². The lowest BCUT2D eigenvalue weighted by Gasteiger charge is -2.18. The molecule has 0 radical (unpaired) electrons. The third kappa shape index (κ3) is 3.69. The van der Waals surface area contributed by atoms with Crippen molar-refractivity contribution in [2.75, 3.05) is 11.9 Å². The Kier molecular flexibility index (Phi) is 5.23. The summed E-state index contributed by atoms with van der Waals surface area (Å²) in [6, 6.07) is 3.27. The number of esters is 1. The monoisotopic (exact) mass is 415 g/mol. The summed E-state index contributed by atoms with van der Waals surface area (Å²) in [4.78, 5) is 42.6. The van der Waals surface area contributed by atoms with Gasteiger partial charge in [0.15, 0.2) is 11.2 Å². The van der Waals surface area contributed by atoms with Gasteiger partial charge in [0.2, 0.25) is 5.91 Å². The van der Waals surface area contributed by atoms with Gasteiger partial charge in [-0.3, -0.25) is 4.79 Å². The van der Waals surface area contributed by atoms with Crippen LogP contribution in [0.5, 0.6) is 0 Å². The number of anilines is 1. The molecule has 0 fully saturated rings. The lowest BCUT2D eigenvalue weighted by atomic mass is 9.88. The van der Waals surface area contributed by atoms with Gasteiger partial charge in [0, 0.05) is 11.1 Å². The van der Waals surface area contributed by atoms with Gasteiger partial charge >= 0.3 is 11.7 Å². The van der Waals surface area contributed by atoms with Crippen LogP contribution >= 0.6 is 11.3 Å². The predicted molar refractivity (Wildman–Crippen MR) is 108 cm³/mol. The van der Waals surface area contributed by atoms with Gasteiger partial charge in [-0.25, -0.2) is 19.1 Å². The topological polar surface area (TPSA) is 103 Å². The van der Waals surface area contributed by atoms with Crippen molar-refractivity contribution < 1.29 is 18.7 Å². The van der Waals surface area contributed by atoms with Gasteiger partial charge in [-0.15, -0.1) is 11.3 Å². The average Bonchev–Trinajstić information content (AvgIpc) is 3.18. The van der Waals surface area contributed by atoms with Crippen molar-refractivity contribution in [1.29, 1.82) is 0 Å². The zero-order valence-electron chi connectivity index (χ0n) is 16.2. The highest BCUT2D eigenvalue weighted by atomic mass is 32.1. The molecule has 0 aromatic carbocycles. The molecule has 8 nitrogen and oxygen atoms in total. The molecule has 0 aliphatic heterocycles. The first kappa shape index (κ1) is 19.4. The van der Waals surface area contributed by atoms with Gasteiger partial charge in [0.1, 0.15) is 11.5 Å². The van der Waals surface area contributed by atoms with E-state index in [0.717, 1.165) is 29.7 Å². The number of hydrogen-bond acceptors (Lipinski definition) is 7. The fourth-order valence-corrected chi connectivity index (χ4v) is 5.02. The molecule has 9 heteroatoms. The second-order valence-electron chi connectivity index (χ2n) is 7.10. The summed E-state index contributed by atoms with van der Waals surface area (Å²) >= 11 is 1.41. The van der Waals surface area contributed by atoms with E-state index < -0.39 is 17.6 Å². The first-order valence-corrected chi connectivity index (χ1v) is 10.4. The smallest absolute Gasteiger partial charge is 0.421 e. The molecule has 1 amide bonds. The highest BCUT2D eigenvalue weighted by molar-refractivity contribution is 7.17. The van der Waals surface area contributed by atoms with Crippen LogP contribution in [-0.4, -0.2) is 28.0 Å². The second-order valence-corrected chi connectivity index (χ2v) is 8.21. The van der Waals surface area contributed by atoms with Crippen LogP contribution in [0.1, 0.15) is 41.1 Å². The van der Waals surface area contributed by atoms with E-state index in [2.05, 4.69) is 17.2 Å². The largest absolute Gasteiger partial charge is 0.462 e. The Morgan fingerprint density at radius 2 is 2.28 bits per heavy atom. The molecule has 3 heterocycles. The fourth-order valence-electron chi connectivity index (χ4n) is 3.61. The quantitative estimate of drug-likeness (QED) is 0.643. The Balaban J connectivity index is 1.63. The number of oxazole rings is 1. The van der Waals surface area contributed by atoms with Gasteiger partial charge in [-0.05, 0) is 49.8 Å². The molecule has 0 saturated carbocycles. The number of amides is 1. The molecule has 1 unspecified atom stereocenters. The number of nitrogens with one attached hydrogen (secondary N) is 1. The number of nitrogens with zero attached hydrogens (tertiary/aromatic N) is 2. The highest BCUT2D eigenvalue weighted by Crippen LogP contribution is 2.40. The number of ether oxygens (including phenoxy) is 1. The first-order chi connectivity index (χ1) is 14.0. The minimum Gasteiger partial charge on any atom is -0.462 e. The van der Waals surface area contributed by atoms with Crippen LogP contribution in [0.25, 0.3) is 11.2 Å². The van der Waals surface area contributed by atoms with Crippen molar-refractivity contribution in [3.8, 4) is 0 Å². The van der Waals surface area contributed by atoms with Crippen molar-refractivity contribution in [1.82, 2.24) is 9.55 Å². The van der Waals surface area contributed by atoms with E-state index in [-0.39, 0.29) is 13.2 Å². The number of carbonyl (C=O) groups is 2. The minimum absolute atomic E-state index is 0.259. The van der Waals surface area contributed by atoms with Gasteiger partial charge < -0.3 is 14.5 Å². The van der Waals surface area contributed by atoms with E-state index in [0.29, 0.717) is 27.7 Å². The number of carbonyl (C=O) groups excluding carboxylic acids is 2. The molecular formula is C20H21N3O5S. The molecule has 3 aromatic rings. The normalized spacial score (nSPS) is 15.9. The molecule has 152 valence electrons. The highest BCUT2D eigenvalue weighted by Gasteiger charge is 2.29. The van der Waals surface area contributed by atoms with Crippen LogP contribution in [0.4, 0.5) is 5.00 Å². The third-order valence-corrected chi connectivity index (χ3v) is 6.14. The Morgan fingerprint density at radius 1 is 1.45 bits per heavy atom. The molecule has 0 bridgehead atoms. The summed E-state index contributed by atoms with van der Waals surface area (Å²) < 4.78 is 11.5. The molecule has 1 N–H and O–H groups in total. The summed E-state index contributed by atoms with van der Waals surface area (Å²) in [5.74, 6) is -0.986. The minimum atomic E-state index is -0.654. The van der Waals surface area contributed by atoms with Crippen LogP contribution in [0.15, 0.2) is 27.5 Å². The van der Waals surface area contributed by atoms with Gasteiger partial charge in [-0.1, -0.05) is 6.92 Å². The molecule has 1 atom stereocenters. The van der Waals surface area contributed by atoms with Crippen molar-refractivity contribution in [2.45, 2.75) is 39.7 Å². The van der Waals surface area contributed by atoms with Gasteiger partial charge in [-0.2, -0.15) is 0 Å². The summed E-state index contributed by atoms with van der Waals surface area (Å²) in [6.07, 6.45) is 4.18. The number of fused-ring (bicyclic) bond motifs is 2. The maximum atomic E-state index is 12.7. The Morgan fingerprint density at radius 3 is 3.07 bits per heavy atom. The van der Waals surface area contributed by atoms with Crippen molar-refractivity contribution in [3.05, 3.63) is 44.9 Å². The van der Waals surface area contributed by atoms with Crippen molar-refractivity contribution in [2.24, 2.45) is 5.92 Å². The Labute approximate surface area is 170 Å². The number of pyridine rings is 1. The van der Waals surface area contributed by atoms with Crippen LogP contribution < -0.4 is 11.1 Å². The van der Waals surface area contributed by atoms with Crippen molar-refractivity contribution in [3.63, 3.8) is 0 Å². The maximum Gasteiger partial charge on any atom is 0.421 e. The molecule has 0 saturated heterocycles. The Hall–Kier alpha value is -2.94. The second kappa shape index (κ2) is 7.82. The van der Waals surface area contributed by atoms with E-state index >= 15 is 0 Å². The molecule has 1 aliphatic rings. The van der Waals surface area contributed by atoms with E-state index in [1.165, 1.54) is 22.1 Å². The number of thiophene rings is 1. The molecule has 0 spiro atoms. The number of rotatable bonds is 5. The van der Waals surface area contributed by atoms with Crippen LogP contribution in [0, 0.1) is 5.92 Å². The maximum absolute atomic E-state index is 12.7. The number of aromatic nitrogens is 2. The van der Waals surface area contributed by atoms with E-state index in [4.69, 9.17) is 9.15 Å². The molecule has 29 heavy (non-hydrogen) atoms. The standard InChI is InChI=1S/C20H21N3O5S/c1-3-27-19(25)16-12-7-6-11(2)9-14(12)29-18(16)22-15(24)10-23-17-13(28-20(23)26)5-4-8-21-17/h4-5,8,11H,3,6-7,9-10H2,1-2H3,(H,22,24). The molecule has 4 rings (SSSR count). The summed E-state index contributed by atoms with van der Waals surface area (Å²) in [6.45, 7) is 3.92. The van der Waals surface area contributed by atoms with Gasteiger partial charge in [0.05, 0.1) is 12.2 Å². The predicted octanol–water partition coefficient (Wildman–Crippen LogP) is 2.99. The van der Waals surface area contributed by atoms with E-state index in [9.17, 15) is 14.4 Å². The van der Waals surface area contributed by atoms with Crippen LogP contribution in [0.3, 0.4) is 0 Å². The first-order valence-electron chi connectivity index (χ1n) is 9.53. The van der Waals surface area contributed by atoms with E-state index in [1.54, 1.807) is 19.1 Å². The Bertz CT molecular complexity index is 1140.